The Bertz CT molecular complexity index is 637. The third-order valence-corrected chi connectivity index (χ3v) is 3.77. The maximum absolute atomic E-state index is 4.80. The molecule has 0 bridgehead atoms. The molecule has 0 unspecified atom stereocenters. The van der Waals surface area contributed by atoms with E-state index in [0.717, 1.165) is 35.9 Å². The van der Waals surface area contributed by atoms with Crippen molar-refractivity contribution in [2.45, 2.75) is 48.0 Å². The molecule has 1 aromatic heterocycles. The van der Waals surface area contributed by atoms with Gasteiger partial charge >= 0.3 is 0 Å². The zero-order valence-electron chi connectivity index (χ0n) is 14.0. The van der Waals surface area contributed by atoms with Gasteiger partial charge in [0.05, 0.1) is 5.69 Å². The summed E-state index contributed by atoms with van der Waals surface area (Å²) in [5.74, 6) is 1.85. The predicted molar refractivity (Wildman–Crippen MR) is 90.0 cm³/mol. The van der Waals surface area contributed by atoms with Crippen LogP contribution < -0.4 is 5.32 Å². The average molecular weight is 283 g/mol. The highest BCUT2D eigenvalue weighted by Crippen LogP contribution is 2.32. The lowest BCUT2D eigenvalue weighted by molar-refractivity contribution is 0.928. The van der Waals surface area contributed by atoms with E-state index in [0.29, 0.717) is 0 Å². The first-order chi connectivity index (χ1) is 9.97. The topological polar surface area (TPSA) is 37.8 Å². The van der Waals surface area contributed by atoms with E-state index < -0.39 is 0 Å². The van der Waals surface area contributed by atoms with E-state index in [4.69, 9.17) is 4.98 Å². The van der Waals surface area contributed by atoms with Crippen LogP contribution in [0.15, 0.2) is 12.1 Å². The lowest BCUT2D eigenvalue weighted by atomic mass is 9.95. The molecule has 0 fully saturated rings. The maximum atomic E-state index is 4.80. The quantitative estimate of drug-likeness (QED) is 0.905. The van der Waals surface area contributed by atoms with Gasteiger partial charge in [0.2, 0.25) is 0 Å². The van der Waals surface area contributed by atoms with E-state index >= 15 is 0 Å². The van der Waals surface area contributed by atoms with Crippen LogP contribution in [-0.2, 0) is 6.42 Å². The molecule has 0 amide bonds. The smallest absolute Gasteiger partial charge is 0.133 e. The van der Waals surface area contributed by atoms with Gasteiger partial charge in [0.25, 0.3) is 0 Å². The van der Waals surface area contributed by atoms with Crippen molar-refractivity contribution in [2.24, 2.45) is 0 Å². The molecule has 0 saturated heterocycles. The van der Waals surface area contributed by atoms with Crippen molar-refractivity contribution in [2.75, 3.05) is 11.9 Å². The van der Waals surface area contributed by atoms with Crippen LogP contribution in [0.25, 0.3) is 11.3 Å². The first kappa shape index (κ1) is 15.5. The Morgan fingerprint density at radius 2 is 1.57 bits per heavy atom. The Labute approximate surface area is 127 Å². The summed E-state index contributed by atoms with van der Waals surface area (Å²) < 4.78 is 0. The number of anilines is 1. The molecule has 2 rings (SSSR count). The molecule has 0 spiro atoms. The summed E-state index contributed by atoms with van der Waals surface area (Å²) in [6.45, 7) is 13.6. The highest BCUT2D eigenvalue weighted by molar-refractivity contribution is 5.74. The number of nitrogens with one attached hydrogen (secondary N) is 1. The predicted octanol–water partition coefficient (Wildman–Crippen LogP) is 4.37. The van der Waals surface area contributed by atoms with Gasteiger partial charge < -0.3 is 5.32 Å². The van der Waals surface area contributed by atoms with E-state index in [1.54, 1.807) is 0 Å². The van der Waals surface area contributed by atoms with E-state index in [-0.39, 0.29) is 0 Å². The Hall–Kier alpha value is -1.90. The van der Waals surface area contributed by atoms with Crippen molar-refractivity contribution < 1.29 is 0 Å². The molecule has 1 N–H and O–H groups in total. The fraction of sp³-hybridized carbons (Fsp3) is 0.444. The second-order valence-electron chi connectivity index (χ2n) is 5.62. The fourth-order valence-corrected chi connectivity index (χ4v) is 2.86. The monoisotopic (exact) mass is 283 g/mol. The van der Waals surface area contributed by atoms with Crippen LogP contribution in [0.2, 0.25) is 0 Å². The molecular weight excluding hydrogens is 258 g/mol. The summed E-state index contributed by atoms with van der Waals surface area (Å²) in [6.07, 6.45) is 0.843. The third kappa shape index (κ3) is 3.07. The molecule has 112 valence electrons. The van der Waals surface area contributed by atoms with Crippen LogP contribution in [0.4, 0.5) is 5.82 Å². The van der Waals surface area contributed by atoms with Crippen LogP contribution in [0.1, 0.15) is 41.9 Å². The molecule has 0 saturated carbocycles. The number of hydrogen-bond acceptors (Lipinski definition) is 3. The standard InChI is InChI=1S/C18H25N3/c1-7-15-20-17(14(6)18(21-15)19-8-2)16-12(4)9-11(3)10-13(16)5/h9-10H,7-8H2,1-6H3,(H,19,20,21). The molecule has 2 aromatic rings. The lowest BCUT2D eigenvalue weighted by Gasteiger charge is -2.17. The normalized spacial score (nSPS) is 10.8. The van der Waals surface area contributed by atoms with Crippen molar-refractivity contribution >= 4 is 5.82 Å². The van der Waals surface area contributed by atoms with Gasteiger partial charge in [-0.1, -0.05) is 24.6 Å². The zero-order chi connectivity index (χ0) is 15.6. The third-order valence-electron chi connectivity index (χ3n) is 3.77. The van der Waals surface area contributed by atoms with E-state index in [9.17, 15) is 0 Å². The molecule has 3 heteroatoms. The maximum Gasteiger partial charge on any atom is 0.133 e. The van der Waals surface area contributed by atoms with Crippen LogP contribution in [0, 0.1) is 27.7 Å². The van der Waals surface area contributed by atoms with Crippen LogP contribution >= 0.6 is 0 Å². The number of aromatic nitrogens is 2. The highest BCUT2D eigenvalue weighted by atomic mass is 15.0. The molecule has 21 heavy (non-hydrogen) atoms. The SMILES string of the molecule is CCNc1nc(CC)nc(-c2c(C)cc(C)cc2C)c1C. The molecule has 0 atom stereocenters. The van der Waals surface area contributed by atoms with Gasteiger partial charge in [0.1, 0.15) is 11.6 Å². The number of hydrogen-bond donors (Lipinski definition) is 1. The van der Waals surface area contributed by atoms with E-state index in [1.807, 2.05) is 0 Å². The minimum Gasteiger partial charge on any atom is -0.370 e. The van der Waals surface area contributed by atoms with Crippen molar-refractivity contribution in [1.29, 1.82) is 0 Å². The summed E-state index contributed by atoms with van der Waals surface area (Å²) in [7, 11) is 0. The van der Waals surface area contributed by atoms with Crippen molar-refractivity contribution in [3.63, 3.8) is 0 Å². The van der Waals surface area contributed by atoms with Gasteiger partial charge in [-0.2, -0.15) is 0 Å². The fourth-order valence-electron chi connectivity index (χ4n) is 2.86. The molecule has 1 heterocycles. The molecule has 0 aliphatic carbocycles. The minimum absolute atomic E-state index is 0.843. The van der Waals surface area contributed by atoms with Crippen molar-refractivity contribution in [1.82, 2.24) is 9.97 Å². The molecule has 0 aliphatic heterocycles. The second-order valence-corrected chi connectivity index (χ2v) is 5.62. The molecule has 1 aromatic carbocycles. The summed E-state index contributed by atoms with van der Waals surface area (Å²) in [5, 5.41) is 3.36. The summed E-state index contributed by atoms with van der Waals surface area (Å²) in [5.41, 5.74) is 7.28. The van der Waals surface area contributed by atoms with E-state index in [1.165, 1.54) is 22.3 Å². The number of benzene rings is 1. The number of nitrogens with zero attached hydrogens (tertiary/aromatic N) is 2. The minimum atomic E-state index is 0.843. The van der Waals surface area contributed by atoms with Gasteiger partial charge in [-0.25, -0.2) is 9.97 Å². The Balaban J connectivity index is 2.71. The van der Waals surface area contributed by atoms with Gasteiger partial charge in [-0.3, -0.25) is 0 Å². The molecule has 3 nitrogen and oxygen atoms in total. The molecular formula is C18H25N3. The second kappa shape index (κ2) is 6.25. The van der Waals surface area contributed by atoms with Crippen LogP contribution in [0.3, 0.4) is 0 Å². The van der Waals surface area contributed by atoms with Crippen molar-refractivity contribution in [3.8, 4) is 11.3 Å². The van der Waals surface area contributed by atoms with Gasteiger partial charge in [0, 0.05) is 24.1 Å². The highest BCUT2D eigenvalue weighted by Gasteiger charge is 2.15. The molecule has 0 radical (unpaired) electrons. The number of rotatable bonds is 4. The first-order valence-corrected chi connectivity index (χ1v) is 7.67. The molecule has 0 aliphatic rings. The van der Waals surface area contributed by atoms with Crippen molar-refractivity contribution in [3.05, 3.63) is 40.2 Å². The zero-order valence-corrected chi connectivity index (χ0v) is 14.0. The van der Waals surface area contributed by atoms with Crippen LogP contribution in [-0.4, -0.2) is 16.5 Å². The van der Waals surface area contributed by atoms with Gasteiger partial charge in [-0.05, 0) is 45.7 Å². The van der Waals surface area contributed by atoms with Crippen LogP contribution in [0.5, 0.6) is 0 Å². The number of aryl methyl sites for hydroxylation is 4. The van der Waals surface area contributed by atoms with E-state index in [2.05, 4.69) is 64.0 Å². The lowest BCUT2D eigenvalue weighted by Crippen LogP contribution is -2.08. The Morgan fingerprint density at radius 1 is 0.952 bits per heavy atom. The largest absolute Gasteiger partial charge is 0.370 e. The first-order valence-electron chi connectivity index (χ1n) is 7.67. The van der Waals surface area contributed by atoms with Gasteiger partial charge in [-0.15, -0.1) is 0 Å². The summed E-state index contributed by atoms with van der Waals surface area (Å²) >= 11 is 0. The Kier molecular flexibility index (Phi) is 4.61. The summed E-state index contributed by atoms with van der Waals surface area (Å²) in [4.78, 5) is 9.43. The summed E-state index contributed by atoms with van der Waals surface area (Å²) in [6, 6.07) is 4.45. The van der Waals surface area contributed by atoms with Gasteiger partial charge in [0.15, 0.2) is 0 Å². The Morgan fingerprint density at radius 3 is 2.10 bits per heavy atom. The average Bonchev–Trinajstić information content (AvgIpc) is 2.41.